The average Bonchev–Trinajstić information content (AvgIpc) is 3.13. The van der Waals surface area contributed by atoms with E-state index in [1.807, 2.05) is 13.8 Å². The van der Waals surface area contributed by atoms with Gasteiger partial charge in [0.1, 0.15) is 6.04 Å². The highest BCUT2D eigenvalue weighted by molar-refractivity contribution is 7.15. The van der Waals surface area contributed by atoms with Crippen molar-refractivity contribution in [3.8, 4) is 0 Å². The first-order chi connectivity index (χ1) is 11.8. The summed E-state index contributed by atoms with van der Waals surface area (Å²) in [4.78, 5) is 32.4. The molecule has 1 aliphatic rings. The number of aromatic nitrogens is 1. The molecular weight excluding hydrogens is 381 g/mol. The van der Waals surface area contributed by atoms with Crippen molar-refractivity contribution in [2.24, 2.45) is 0 Å². The molecule has 1 aromatic heterocycles. The number of aryl methyl sites for hydroxylation is 2. The Morgan fingerprint density at radius 2 is 1.92 bits per heavy atom. The van der Waals surface area contributed by atoms with Crippen LogP contribution in [0.25, 0.3) is 0 Å². The van der Waals surface area contributed by atoms with Crippen molar-refractivity contribution in [3.05, 3.63) is 44.4 Å². The van der Waals surface area contributed by atoms with Crippen LogP contribution in [0.3, 0.4) is 0 Å². The number of carbonyl (C=O) groups excluding carboxylic acids is 2. The maximum atomic E-state index is 12.8. The van der Waals surface area contributed by atoms with Crippen molar-refractivity contribution < 1.29 is 9.59 Å². The first-order valence-corrected chi connectivity index (χ1v) is 9.44. The van der Waals surface area contributed by atoms with Gasteiger partial charge >= 0.3 is 0 Å². The lowest BCUT2D eigenvalue weighted by molar-refractivity contribution is -0.119. The molecule has 0 spiro atoms. The molecule has 2 amide bonds. The van der Waals surface area contributed by atoms with Gasteiger partial charge in [-0.1, -0.05) is 23.2 Å². The van der Waals surface area contributed by atoms with Crippen LogP contribution >= 0.6 is 34.5 Å². The number of nitrogens with one attached hydrogen (secondary N) is 1. The molecule has 1 atom stereocenters. The Hall–Kier alpha value is -1.63. The smallest absolute Gasteiger partial charge is 0.254 e. The molecular formula is C17H17Cl2N3O2S. The quantitative estimate of drug-likeness (QED) is 0.838. The van der Waals surface area contributed by atoms with E-state index in [0.717, 1.165) is 17.0 Å². The van der Waals surface area contributed by atoms with Crippen LogP contribution in [0, 0.1) is 13.8 Å². The SMILES string of the molecule is Cc1nc(NC(=O)C2CCCN2C(=O)c2cc(Cl)cc(Cl)c2)sc1C. The van der Waals surface area contributed by atoms with Crippen LogP contribution in [-0.2, 0) is 4.79 Å². The van der Waals surface area contributed by atoms with Gasteiger partial charge in [-0.15, -0.1) is 11.3 Å². The average molecular weight is 398 g/mol. The Kier molecular flexibility index (Phi) is 5.32. The van der Waals surface area contributed by atoms with Gasteiger partial charge in [0.15, 0.2) is 5.13 Å². The molecule has 8 heteroatoms. The standard InChI is InChI=1S/C17H17Cl2N3O2S/c1-9-10(2)25-17(20-9)21-15(23)14-4-3-5-22(14)16(24)11-6-12(18)8-13(19)7-11/h6-8,14H,3-5H2,1-2H3,(H,20,21,23). The fourth-order valence-corrected chi connectivity index (χ4v) is 4.18. The number of benzene rings is 1. The summed E-state index contributed by atoms with van der Waals surface area (Å²) in [5, 5.41) is 4.17. The normalized spacial score (nSPS) is 17.0. The summed E-state index contributed by atoms with van der Waals surface area (Å²) in [7, 11) is 0. The summed E-state index contributed by atoms with van der Waals surface area (Å²) in [5.41, 5.74) is 1.28. The summed E-state index contributed by atoms with van der Waals surface area (Å²) >= 11 is 13.4. The van der Waals surface area contributed by atoms with E-state index >= 15 is 0 Å². The number of amides is 2. The molecule has 5 nitrogen and oxygen atoms in total. The van der Waals surface area contributed by atoms with Gasteiger partial charge in [0.05, 0.1) is 5.69 Å². The Bertz CT molecular complexity index is 798. The Balaban J connectivity index is 1.77. The minimum atomic E-state index is -0.519. The highest BCUT2D eigenvalue weighted by atomic mass is 35.5. The molecule has 1 saturated heterocycles. The highest BCUT2D eigenvalue weighted by Crippen LogP contribution is 2.26. The van der Waals surface area contributed by atoms with Crippen molar-refractivity contribution in [3.63, 3.8) is 0 Å². The lowest BCUT2D eigenvalue weighted by atomic mass is 10.1. The van der Waals surface area contributed by atoms with Gasteiger partial charge in [0.25, 0.3) is 5.91 Å². The number of hydrogen-bond donors (Lipinski definition) is 1. The summed E-state index contributed by atoms with van der Waals surface area (Å²) < 4.78 is 0. The second-order valence-electron chi connectivity index (χ2n) is 5.96. The number of anilines is 1. The predicted octanol–water partition coefficient (Wildman–Crippen LogP) is 4.31. The third-order valence-corrected chi connectivity index (χ3v) is 5.61. The van der Waals surface area contributed by atoms with E-state index in [0.29, 0.717) is 33.7 Å². The largest absolute Gasteiger partial charge is 0.327 e. The molecule has 3 rings (SSSR count). The van der Waals surface area contributed by atoms with E-state index in [-0.39, 0.29) is 11.8 Å². The number of hydrogen-bond acceptors (Lipinski definition) is 4. The van der Waals surface area contributed by atoms with E-state index < -0.39 is 6.04 Å². The Morgan fingerprint density at radius 1 is 1.24 bits per heavy atom. The molecule has 0 saturated carbocycles. The third-order valence-electron chi connectivity index (χ3n) is 4.18. The van der Waals surface area contributed by atoms with Gasteiger partial charge < -0.3 is 10.2 Å². The lowest BCUT2D eigenvalue weighted by Crippen LogP contribution is -2.43. The molecule has 1 aromatic carbocycles. The van der Waals surface area contributed by atoms with Gasteiger partial charge in [-0.3, -0.25) is 9.59 Å². The minimum absolute atomic E-state index is 0.215. The zero-order chi connectivity index (χ0) is 18.1. The second kappa shape index (κ2) is 7.32. The van der Waals surface area contributed by atoms with Crippen LogP contribution in [0.5, 0.6) is 0 Å². The number of nitrogens with zero attached hydrogens (tertiary/aromatic N) is 2. The lowest BCUT2D eigenvalue weighted by Gasteiger charge is -2.23. The second-order valence-corrected chi connectivity index (χ2v) is 8.04. The van der Waals surface area contributed by atoms with E-state index in [4.69, 9.17) is 23.2 Å². The number of thiazole rings is 1. The highest BCUT2D eigenvalue weighted by Gasteiger charge is 2.35. The number of carbonyl (C=O) groups is 2. The monoisotopic (exact) mass is 397 g/mol. The topological polar surface area (TPSA) is 62.3 Å². The van der Waals surface area contributed by atoms with Gasteiger partial charge in [-0.25, -0.2) is 4.98 Å². The van der Waals surface area contributed by atoms with Crippen LogP contribution in [0.4, 0.5) is 5.13 Å². The van der Waals surface area contributed by atoms with Crippen LogP contribution in [0.15, 0.2) is 18.2 Å². The molecule has 25 heavy (non-hydrogen) atoms. The van der Waals surface area contributed by atoms with Gasteiger partial charge in [0, 0.05) is 27.0 Å². The molecule has 0 bridgehead atoms. The molecule has 1 N–H and O–H groups in total. The van der Waals surface area contributed by atoms with Gasteiger partial charge in [0.2, 0.25) is 5.91 Å². The first-order valence-electron chi connectivity index (χ1n) is 7.87. The number of likely N-dealkylation sites (tertiary alicyclic amines) is 1. The number of rotatable bonds is 3. The molecule has 2 heterocycles. The Labute approximate surface area is 160 Å². The fraction of sp³-hybridized carbons (Fsp3) is 0.353. The fourth-order valence-electron chi connectivity index (χ4n) is 2.84. The molecule has 0 radical (unpaired) electrons. The van der Waals surface area contributed by atoms with E-state index in [1.54, 1.807) is 23.1 Å². The number of halogens is 2. The zero-order valence-corrected chi connectivity index (χ0v) is 16.1. The minimum Gasteiger partial charge on any atom is -0.327 e. The van der Waals surface area contributed by atoms with Crippen molar-refractivity contribution in [2.75, 3.05) is 11.9 Å². The summed E-state index contributed by atoms with van der Waals surface area (Å²) in [6.07, 6.45) is 1.39. The van der Waals surface area contributed by atoms with Crippen LogP contribution in [0.1, 0.15) is 33.8 Å². The maximum absolute atomic E-state index is 12.8. The molecule has 1 unspecified atom stereocenters. The predicted molar refractivity (Wildman–Crippen MR) is 101 cm³/mol. The first kappa shape index (κ1) is 18.2. The van der Waals surface area contributed by atoms with Gasteiger partial charge in [-0.05, 0) is 44.9 Å². The van der Waals surface area contributed by atoms with Crippen LogP contribution < -0.4 is 5.32 Å². The summed E-state index contributed by atoms with van der Waals surface area (Å²) in [6, 6.07) is 4.18. The molecule has 2 aromatic rings. The van der Waals surface area contributed by atoms with E-state index in [2.05, 4.69) is 10.3 Å². The van der Waals surface area contributed by atoms with E-state index in [9.17, 15) is 9.59 Å². The maximum Gasteiger partial charge on any atom is 0.254 e. The zero-order valence-electron chi connectivity index (χ0n) is 13.8. The molecule has 132 valence electrons. The van der Waals surface area contributed by atoms with Crippen molar-refractivity contribution >= 4 is 51.5 Å². The molecule has 0 aliphatic carbocycles. The van der Waals surface area contributed by atoms with Gasteiger partial charge in [-0.2, -0.15) is 0 Å². The van der Waals surface area contributed by atoms with Crippen LogP contribution in [-0.4, -0.2) is 34.3 Å². The van der Waals surface area contributed by atoms with Crippen LogP contribution in [0.2, 0.25) is 10.0 Å². The van der Waals surface area contributed by atoms with Crippen molar-refractivity contribution in [1.82, 2.24) is 9.88 Å². The molecule has 1 fully saturated rings. The Morgan fingerprint density at radius 3 is 2.52 bits per heavy atom. The third kappa shape index (κ3) is 3.97. The summed E-state index contributed by atoms with van der Waals surface area (Å²) in [6.45, 7) is 4.38. The molecule has 1 aliphatic heterocycles. The summed E-state index contributed by atoms with van der Waals surface area (Å²) in [5.74, 6) is -0.457. The van der Waals surface area contributed by atoms with E-state index in [1.165, 1.54) is 11.3 Å². The van der Waals surface area contributed by atoms with Crippen molar-refractivity contribution in [1.29, 1.82) is 0 Å². The van der Waals surface area contributed by atoms with Crippen molar-refractivity contribution in [2.45, 2.75) is 32.7 Å².